The average molecular weight is 271 g/mol. The highest BCUT2D eigenvalue weighted by molar-refractivity contribution is 9.10. The van der Waals surface area contributed by atoms with E-state index in [-0.39, 0.29) is 0 Å². The molecule has 0 amide bonds. The Hall–Kier alpha value is -0.870. The third-order valence-corrected chi connectivity index (χ3v) is 3.65. The van der Waals surface area contributed by atoms with Crippen LogP contribution in [-0.2, 0) is 10.2 Å². The second-order valence-electron chi connectivity index (χ2n) is 3.88. The predicted octanol–water partition coefficient (Wildman–Crippen LogP) is 1.93. The molecule has 2 rings (SSSR count). The van der Waals surface area contributed by atoms with Crippen LogP contribution in [0.5, 0.6) is 0 Å². The van der Waals surface area contributed by atoms with E-state index in [0.717, 1.165) is 22.9 Å². The van der Waals surface area contributed by atoms with Crippen LogP contribution in [0.4, 0.5) is 0 Å². The van der Waals surface area contributed by atoms with Gasteiger partial charge in [0.05, 0.1) is 0 Å². The van der Waals surface area contributed by atoms with E-state index in [1.807, 2.05) is 24.3 Å². The Labute approximate surface area is 95.9 Å². The Morgan fingerprint density at radius 3 is 2.47 bits per heavy atom. The van der Waals surface area contributed by atoms with Crippen molar-refractivity contribution in [3.8, 4) is 0 Å². The summed E-state index contributed by atoms with van der Waals surface area (Å²) >= 11 is 3.39. The van der Waals surface area contributed by atoms with E-state index in [1.165, 1.54) is 0 Å². The highest BCUT2D eigenvalue weighted by atomic mass is 79.9. The van der Waals surface area contributed by atoms with Gasteiger partial charge in [-0.15, -0.1) is 0 Å². The van der Waals surface area contributed by atoms with Gasteiger partial charge in [-0.05, 0) is 24.5 Å². The highest BCUT2D eigenvalue weighted by Crippen LogP contribution is 2.53. The quantitative estimate of drug-likeness (QED) is 0.883. The Morgan fingerprint density at radius 1 is 1.40 bits per heavy atom. The molecule has 0 aromatic heterocycles. The Morgan fingerprint density at radius 2 is 2.00 bits per heavy atom. The summed E-state index contributed by atoms with van der Waals surface area (Å²) < 4.78 is 0.864. The summed E-state index contributed by atoms with van der Waals surface area (Å²) in [5.41, 5.74) is 0.311. The molecule has 1 aromatic carbocycles. The lowest BCUT2D eigenvalue weighted by Gasteiger charge is -2.20. The van der Waals surface area contributed by atoms with E-state index in [1.54, 1.807) is 0 Å². The minimum atomic E-state index is -1.31. The first-order valence-electron chi connectivity index (χ1n) is 4.74. The Bertz CT molecular complexity index is 399. The number of benzene rings is 1. The molecule has 2 N–H and O–H groups in total. The number of aliphatic carboxylic acids is 1. The second-order valence-corrected chi connectivity index (χ2v) is 4.73. The molecule has 1 aliphatic rings. The van der Waals surface area contributed by atoms with E-state index in [4.69, 9.17) is 5.11 Å². The third kappa shape index (κ3) is 1.68. The molecule has 4 heteroatoms. The molecule has 0 saturated heterocycles. The number of rotatable bonds is 3. The Kier molecular flexibility index (Phi) is 2.56. The standard InChI is InChI=1S/C11H11BrO3/c12-8-4-2-1-3-7(8)11(5-6-11)9(13)10(14)15/h1-4,9,13H,5-6H2,(H,14,15). The number of aliphatic hydroxyl groups excluding tert-OH is 1. The van der Waals surface area contributed by atoms with Crippen molar-refractivity contribution in [2.75, 3.05) is 0 Å². The lowest BCUT2D eigenvalue weighted by atomic mass is 9.90. The maximum Gasteiger partial charge on any atom is 0.333 e. The molecule has 15 heavy (non-hydrogen) atoms. The topological polar surface area (TPSA) is 57.5 Å². The van der Waals surface area contributed by atoms with Crippen LogP contribution in [0.3, 0.4) is 0 Å². The van der Waals surface area contributed by atoms with Crippen molar-refractivity contribution in [2.24, 2.45) is 0 Å². The monoisotopic (exact) mass is 270 g/mol. The maximum atomic E-state index is 10.8. The number of carbonyl (C=O) groups is 1. The minimum Gasteiger partial charge on any atom is -0.479 e. The molecule has 1 aromatic rings. The molecule has 0 heterocycles. The fraction of sp³-hybridized carbons (Fsp3) is 0.364. The summed E-state index contributed by atoms with van der Waals surface area (Å²) in [5.74, 6) is -1.15. The number of hydrogen-bond donors (Lipinski definition) is 2. The van der Waals surface area contributed by atoms with Crippen molar-refractivity contribution in [3.63, 3.8) is 0 Å². The normalized spacial score (nSPS) is 19.6. The first kappa shape index (κ1) is 10.6. The molecule has 1 unspecified atom stereocenters. The highest BCUT2D eigenvalue weighted by Gasteiger charge is 2.54. The van der Waals surface area contributed by atoms with Gasteiger partial charge in [0.1, 0.15) is 0 Å². The van der Waals surface area contributed by atoms with Crippen LogP contribution < -0.4 is 0 Å². The molecule has 0 aliphatic heterocycles. The number of hydrogen-bond acceptors (Lipinski definition) is 2. The summed E-state index contributed by atoms with van der Waals surface area (Å²) in [4.78, 5) is 10.8. The zero-order valence-electron chi connectivity index (χ0n) is 7.98. The van der Waals surface area contributed by atoms with Crippen molar-refractivity contribution in [3.05, 3.63) is 34.3 Å². The second kappa shape index (κ2) is 3.61. The molecular formula is C11H11BrO3. The fourth-order valence-corrected chi connectivity index (χ4v) is 2.61. The zero-order chi connectivity index (χ0) is 11.1. The van der Waals surface area contributed by atoms with Gasteiger partial charge in [0, 0.05) is 9.89 Å². The van der Waals surface area contributed by atoms with Crippen molar-refractivity contribution >= 4 is 21.9 Å². The van der Waals surface area contributed by atoms with E-state index in [9.17, 15) is 9.90 Å². The van der Waals surface area contributed by atoms with Crippen LogP contribution in [0.15, 0.2) is 28.7 Å². The van der Waals surface area contributed by atoms with Crippen molar-refractivity contribution in [2.45, 2.75) is 24.4 Å². The molecule has 0 bridgehead atoms. The minimum absolute atomic E-state index is 0.577. The number of aliphatic hydroxyl groups is 1. The smallest absolute Gasteiger partial charge is 0.333 e. The van der Waals surface area contributed by atoms with Gasteiger partial charge in [0.15, 0.2) is 6.10 Å². The number of carboxylic acid groups (broad SMARTS) is 1. The van der Waals surface area contributed by atoms with Gasteiger partial charge in [-0.1, -0.05) is 34.1 Å². The molecule has 3 nitrogen and oxygen atoms in total. The van der Waals surface area contributed by atoms with Crippen molar-refractivity contribution < 1.29 is 15.0 Å². The maximum absolute atomic E-state index is 10.8. The molecular weight excluding hydrogens is 260 g/mol. The van der Waals surface area contributed by atoms with E-state index < -0.39 is 17.5 Å². The molecule has 1 fully saturated rings. The molecule has 0 spiro atoms. The van der Waals surface area contributed by atoms with E-state index >= 15 is 0 Å². The first-order chi connectivity index (χ1) is 7.08. The van der Waals surface area contributed by atoms with Gasteiger partial charge < -0.3 is 10.2 Å². The van der Waals surface area contributed by atoms with Crippen molar-refractivity contribution in [1.82, 2.24) is 0 Å². The molecule has 80 valence electrons. The van der Waals surface area contributed by atoms with Gasteiger partial charge in [-0.3, -0.25) is 0 Å². The van der Waals surface area contributed by atoms with Crippen LogP contribution in [-0.4, -0.2) is 22.3 Å². The van der Waals surface area contributed by atoms with Crippen LogP contribution in [0.1, 0.15) is 18.4 Å². The van der Waals surface area contributed by atoms with Gasteiger partial charge in [0.25, 0.3) is 0 Å². The average Bonchev–Trinajstić information content (AvgIpc) is 2.98. The summed E-state index contributed by atoms with van der Waals surface area (Å²) in [5, 5.41) is 18.5. The lowest BCUT2D eigenvalue weighted by molar-refractivity contribution is -0.148. The fourth-order valence-electron chi connectivity index (χ4n) is 1.93. The van der Waals surface area contributed by atoms with Crippen LogP contribution in [0.25, 0.3) is 0 Å². The lowest BCUT2D eigenvalue weighted by Crippen LogP contribution is -2.34. The zero-order valence-corrected chi connectivity index (χ0v) is 9.57. The summed E-state index contributed by atoms with van der Waals surface area (Å²) in [6.07, 6.45) is 0.141. The van der Waals surface area contributed by atoms with Crippen LogP contribution in [0, 0.1) is 0 Å². The largest absolute Gasteiger partial charge is 0.479 e. The van der Waals surface area contributed by atoms with Gasteiger partial charge in [-0.25, -0.2) is 4.79 Å². The summed E-state index contributed by atoms with van der Waals surface area (Å²) in [6.45, 7) is 0. The van der Waals surface area contributed by atoms with Crippen molar-refractivity contribution in [1.29, 1.82) is 0 Å². The summed E-state index contributed by atoms with van der Waals surface area (Å²) in [7, 11) is 0. The van der Waals surface area contributed by atoms with E-state index in [2.05, 4.69) is 15.9 Å². The molecule has 1 saturated carbocycles. The van der Waals surface area contributed by atoms with Crippen LogP contribution >= 0.6 is 15.9 Å². The van der Waals surface area contributed by atoms with Gasteiger partial charge in [0.2, 0.25) is 0 Å². The first-order valence-corrected chi connectivity index (χ1v) is 5.53. The SMILES string of the molecule is O=C(O)C(O)C1(c2ccccc2Br)CC1. The molecule has 1 aliphatic carbocycles. The van der Waals surface area contributed by atoms with Gasteiger partial charge >= 0.3 is 5.97 Å². The summed E-state index contributed by atoms with van der Waals surface area (Å²) in [6, 6.07) is 7.46. The molecule has 1 atom stereocenters. The predicted molar refractivity (Wildman–Crippen MR) is 58.7 cm³/mol. The number of carboxylic acids is 1. The van der Waals surface area contributed by atoms with Crippen LogP contribution in [0.2, 0.25) is 0 Å². The molecule has 0 radical (unpaired) electrons. The Balaban J connectivity index is 2.39. The third-order valence-electron chi connectivity index (χ3n) is 2.96. The van der Waals surface area contributed by atoms with Gasteiger partial charge in [-0.2, -0.15) is 0 Å². The number of halogens is 1. The van der Waals surface area contributed by atoms with E-state index in [0.29, 0.717) is 0 Å².